The first-order valence-corrected chi connectivity index (χ1v) is 8.42. The smallest absolute Gasteiger partial charge is 0.257 e. The van der Waals surface area contributed by atoms with Crippen LogP contribution < -0.4 is 0 Å². The van der Waals surface area contributed by atoms with Crippen LogP contribution in [0.5, 0.6) is 0 Å². The molecule has 0 bridgehead atoms. The minimum absolute atomic E-state index is 0.0981. The van der Waals surface area contributed by atoms with Gasteiger partial charge in [-0.15, -0.1) is 0 Å². The van der Waals surface area contributed by atoms with Crippen LogP contribution >= 0.6 is 0 Å². The molecule has 4 heteroatoms. The SMILES string of the molecule is Cc1cc2cccc(C(=O)N3CCC([C@@H](C)N(C)C)CC3)c2o1. The summed E-state index contributed by atoms with van der Waals surface area (Å²) in [5.41, 5.74) is 1.41. The predicted molar refractivity (Wildman–Crippen MR) is 92.7 cm³/mol. The Hall–Kier alpha value is -1.81. The number of nitrogens with zero attached hydrogens (tertiary/aromatic N) is 2. The van der Waals surface area contributed by atoms with E-state index in [1.165, 1.54) is 0 Å². The number of rotatable bonds is 3. The van der Waals surface area contributed by atoms with E-state index in [4.69, 9.17) is 4.42 Å². The van der Waals surface area contributed by atoms with Crippen molar-refractivity contribution in [3.8, 4) is 0 Å². The number of piperidine rings is 1. The molecule has 0 aliphatic carbocycles. The van der Waals surface area contributed by atoms with Gasteiger partial charge in [0.15, 0.2) is 0 Å². The molecule has 1 aliphatic rings. The van der Waals surface area contributed by atoms with Gasteiger partial charge in [-0.1, -0.05) is 12.1 Å². The topological polar surface area (TPSA) is 36.7 Å². The molecule has 1 atom stereocenters. The summed E-state index contributed by atoms with van der Waals surface area (Å²) in [4.78, 5) is 17.1. The van der Waals surface area contributed by atoms with E-state index in [0.29, 0.717) is 17.5 Å². The highest BCUT2D eigenvalue weighted by molar-refractivity contribution is 6.05. The Morgan fingerprint density at radius 2 is 2.00 bits per heavy atom. The first-order chi connectivity index (χ1) is 11.0. The van der Waals surface area contributed by atoms with Crippen LogP contribution in [-0.4, -0.2) is 48.9 Å². The first kappa shape index (κ1) is 16.1. The number of benzene rings is 1. The summed E-state index contributed by atoms with van der Waals surface area (Å²) in [6.07, 6.45) is 2.14. The zero-order valence-electron chi connectivity index (χ0n) is 14.5. The maximum atomic E-state index is 12.9. The average molecular weight is 314 g/mol. The van der Waals surface area contributed by atoms with Crippen LogP contribution in [0.2, 0.25) is 0 Å². The van der Waals surface area contributed by atoms with Gasteiger partial charge in [0.1, 0.15) is 11.3 Å². The highest BCUT2D eigenvalue weighted by Crippen LogP contribution is 2.27. The molecule has 1 aliphatic heterocycles. The number of aryl methyl sites for hydroxylation is 1. The lowest BCUT2D eigenvalue weighted by molar-refractivity contribution is 0.0642. The summed E-state index contributed by atoms with van der Waals surface area (Å²) in [5.74, 6) is 1.61. The zero-order valence-corrected chi connectivity index (χ0v) is 14.5. The Balaban J connectivity index is 1.74. The van der Waals surface area contributed by atoms with E-state index in [-0.39, 0.29) is 5.91 Å². The zero-order chi connectivity index (χ0) is 16.6. The van der Waals surface area contributed by atoms with Crippen molar-refractivity contribution in [1.29, 1.82) is 0 Å². The second-order valence-electron chi connectivity index (χ2n) is 6.91. The molecule has 2 aromatic rings. The van der Waals surface area contributed by atoms with Crippen LogP contribution in [0.1, 0.15) is 35.9 Å². The summed E-state index contributed by atoms with van der Waals surface area (Å²) < 4.78 is 5.75. The van der Waals surface area contributed by atoms with Crippen molar-refractivity contribution >= 4 is 16.9 Å². The molecule has 23 heavy (non-hydrogen) atoms. The molecule has 4 nitrogen and oxygen atoms in total. The average Bonchev–Trinajstić information content (AvgIpc) is 2.93. The molecule has 0 saturated carbocycles. The summed E-state index contributed by atoms with van der Waals surface area (Å²) in [5, 5.41) is 1.00. The maximum absolute atomic E-state index is 12.9. The molecule has 3 rings (SSSR count). The van der Waals surface area contributed by atoms with E-state index >= 15 is 0 Å². The van der Waals surface area contributed by atoms with Gasteiger partial charge in [0.25, 0.3) is 5.91 Å². The van der Waals surface area contributed by atoms with Crippen LogP contribution in [0.25, 0.3) is 11.0 Å². The molecule has 0 radical (unpaired) electrons. The first-order valence-electron chi connectivity index (χ1n) is 8.42. The standard InChI is InChI=1S/C19H26N2O2/c1-13-12-16-6-5-7-17(18(16)23-13)19(22)21-10-8-15(9-11-21)14(2)20(3)4/h5-7,12,14-15H,8-11H2,1-4H3/t14-/m1/s1. The number of amides is 1. The molecule has 1 aromatic heterocycles. The number of para-hydroxylation sites is 1. The monoisotopic (exact) mass is 314 g/mol. The lowest BCUT2D eigenvalue weighted by Gasteiger charge is -2.37. The minimum atomic E-state index is 0.0981. The van der Waals surface area contributed by atoms with E-state index in [1.54, 1.807) is 0 Å². The van der Waals surface area contributed by atoms with Crippen LogP contribution in [0.4, 0.5) is 0 Å². The molecule has 1 amide bonds. The number of hydrogen-bond donors (Lipinski definition) is 0. The van der Waals surface area contributed by atoms with Gasteiger partial charge in [0.05, 0.1) is 5.56 Å². The van der Waals surface area contributed by atoms with Crippen LogP contribution in [0, 0.1) is 12.8 Å². The molecule has 1 aromatic carbocycles. The third kappa shape index (κ3) is 3.13. The molecule has 1 fully saturated rings. The van der Waals surface area contributed by atoms with Crippen molar-refractivity contribution in [3.63, 3.8) is 0 Å². The summed E-state index contributed by atoms with van der Waals surface area (Å²) in [6, 6.07) is 8.35. The van der Waals surface area contributed by atoms with Crippen LogP contribution in [-0.2, 0) is 0 Å². The third-order valence-corrected chi connectivity index (χ3v) is 5.22. The number of furan rings is 1. The van der Waals surface area contributed by atoms with Gasteiger partial charge in [-0.3, -0.25) is 4.79 Å². The molecule has 124 valence electrons. The minimum Gasteiger partial charge on any atom is -0.461 e. The largest absolute Gasteiger partial charge is 0.461 e. The van der Waals surface area contributed by atoms with Crippen molar-refractivity contribution < 1.29 is 9.21 Å². The lowest BCUT2D eigenvalue weighted by atomic mass is 9.89. The van der Waals surface area contributed by atoms with Gasteiger partial charge in [-0.2, -0.15) is 0 Å². The van der Waals surface area contributed by atoms with Gasteiger partial charge in [0.2, 0.25) is 0 Å². The van der Waals surface area contributed by atoms with Crippen molar-refractivity contribution in [2.45, 2.75) is 32.7 Å². The van der Waals surface area contributed by atoms with Crippen molar-refractivity contribution in [1.82, 2.24) is 9.80 Å². The van der Waals surface area contributed by atoms with E-state index in [1.807, 2.05) is 36.1 Å². The van der Waals surface area contributed by atoms with Gasteiger partial charge in [-0.25, -0.2) is 0 Å². The van der Waals surface area contributed by atoms with Gasteiger partial charge in [-0.05, 0) is 58.8 Å². The highest BCUT2D eigenvalue weighted by Gasteiger charge is 2.28. The van der Waals surface area contributed by atoms with E-state index in [9.17, 15) is 4.79 Å². The highest BCUT2D eigenvalue weighted by atomic mass is 16.3. The van der Waals surface area contributed by atoms with Gasteiger partial charge in [0, 0.05) is 24.5 Å². The third-order valence-electron chi connectivity index (χ3n) is 5.22. The summed E-state index contributed by atoms with van der Waals surface area (Å²) in [7, 11) is 4.25. The van der Waals surface area contributed by atoms with E-state index < -0.39 is 0 Å². The second-order valence-corrected chi connectivity index (χ2v) is 6.91. The lowest BCUT2D eigenvalue weighted by Crippen LogP contribution is -2.43. The van der Waals surface area contributed by atoms with Crippen LogP contribution in [0.3, 0.4) is 0 Å². The maximum Gasteiger partial charge on any atom is 0.257 e. The predicted octanol–water partition coefficient (Wildman–Crippen LogP) is 3.54. The van der Waals surface area contributed by atoms with Crippen molar-refractivity contribution in [2.24, 2.45) is 5.92 Å². The quantitative estimate of drug-likeness (QED) is 0.869. The number of carbonyl (C=O) groups excluding carboxylic acids is 1. The summed E-state index contributed by atoms with van der Waals surface area (Å²) >= 11 is 0. The normalized spacial score (nSPS) is 17.9. The second kappa shape index (κ2) is 6.36. The molecule has 1 saturated heterocycles. The molecule has 0 N–H and O–H groups in total. The Kier molecular flexibility index (Phi) is 4.44. The fraction of sp³-hybridized carbons (Fsp3) is 0.526. The molecular weight excluding hydrogens is 288 g/mol. The van der Waals surface area contributed by atoms with Gasteiger partial charge < -0.3 is 14.2 Å². The summed E-state index contributed by atoms with van der Waals surface area (Å²) in [6.45, 7) is 5.85. The molecule has 2 heterocycles. The van der Waals surface area contributed by atoms with Gasteiger partial charge >= 0.3 is 0 Å². The molecular formula is C19H26N2O2. The Bertz CT molecular complexity index is 696. The fourth-order valence-corrected chi connectivity index (χ4v) is 3.54. The van der Waals surface area contributed by atoms with Crippen LogP contribution in [0.15, 0.2) is 28.7 Å². The Morgan fingerprint density at radius 3 is 2.65 bits per heavy atom. The molecule has 0 unspecified atom stereocenters. The van der Waals surface area contributed by atoms with Crippen molar-refractivity contribution in [3.05, 3.63) is 35.6 Å². The Labute approximate surface area is 138 Å². The van der Waals surface area contributed by atoms with Crippen molar-refractivity contribution in [2.75, 3.05) is 27.2 Å². The number of carbonyl (C=O) groups is 1. The Morgan fingerprint density at radius 1 is 1.30 bits per heavy atom. The fourth-order valence-electron chi connectivity index (χ4n) is 3.54. The number of hydrogen-bond acceptors (Lipinski definition) is 3. The number of likely N-dealkylation sites (tertiary alicyclic amines) is 1. The molecule has 0 spiro atoms. The van der Waals surface area contributed by atoms with E-state index in [0.717, 1.165) is 42.7 Å². The number of fused-ring (bicyclic) bond motifs is 1. The van der Waals surface area contributed by atoms with E-state index in [2.05, 4.69) is 25.9 Å².